The van der Waals surface area contributed by atoms with Crippen LogP contribution in [-0.4, -0.2) is 23.5 Å². The van der Waals surface area contributed by atoms with Gasteiger partial charge in [0.25, 0.3) is 11.8 Å². The monoisotopic (exact) mass is 307 g/mol. The van der Waals surface area contributed by atoms with E-state index in [0.717, 1.165) is 23.5 Å². The summed E-state index contributed by atoms with van der Waals surface area (Å²) in [4.78, 5) is 29.5. The summed E-state index contributed by atoms with van der Waals surface area (Å²) in [7, 11) is 0. The van der Waals surface area contributed by atoms with E-state index in [0.29, 0.717) is 17.7 Å². The molecule has 2 amide bonds. The van der Waals surface area contributed by atoms with Gasteiger partial charge >= 0.3 is 0 Å². The van der Waals surface area contributed by atoms with Crippen molar-refractivity contribution in [3.63, 3.8) is 0 Å². The minimum absolute atomic E-state index is 0.324. The van der Waals surface area contributed by atoms with Crippen molar-refractivity contribution >= 4 is 17.9 Å². The van der Waals surface area contributed by atoms with Crippen molar-refractivity contribution in [2.75, 3.05) is 6.61 Å². The van der Waals surface area contributed by atoms with Crippen LogP contribution >= 0.6 is 0 Å². The van der Waals surface area contributed by atoms with Crippen molar-refractivity contribution in [3.05, 3.63) is 77.4 Å². The molecule has 0 aromatic heterocycles. The first kappa shape index (κ1) is 15.2. The number of hydrogen-bond acceptors (Lipinski definition) is 3. The summed E-state index contributed by atoms with van der Waals surface area (Å²) in [6.45, 7) is 0.324. The van der Waals surface area contributed by atoms with E-state index >= 15 is 0 Å². The summed E-state index contributed by atoms with van der Waals surface area (Å²) in [5, 5.41) is 0.867. The van der Waals surface area contributed by atoms with E-state index < -0.39 is 0 Å². The Morgan fingerprint density at radius 3 is 2.13 bits per heavy atom. The van der Waals surface area contributed by atoms with Crippen LogP contribution in [0, 0.1) is 0 Å². The van der Waals surface area contributed by atoms with E-state index in [9.17, 15) is 9.59 Å². The van der Waals surface area contributed by atoms with E-state index in [1.165, 1.54) is 0 Å². The summed E-state index contributed by atoms with van der Waals surface area (Å²) in [6.07, 6.45) is 5.65. The van der Waals surface area contributed by atoms with Crippen LogP contribution < -0.4 is 0 Å². The third kappa shape index (κ3) is 3.38. The number of nitrogens with zero attached hydrogens (tertiary/aromatic N) is 1. The molecule has 1 heterocycles. The Labute approximate surface area is 134 Å². The predicted molar refractivity (Wildman–Crippen MR) is 87.6 cm³/mol. The van der Waals surface area contributed by atoms with Crippen LogP contribution in [0.5, 0.6) is 0 Å². The average Bonchev–Trinajstić information content (AvgIpc) is 2.84. The molecular formula is C19H17NO3. The van der Waals surface area contributed by atoms with Crippen molar-refractivity contribution in [1.29, 1.82) is 0 Å². The molecular weight excluding hydrogens is 290 g/mol. The molecule has 1 aliphatic rings. The maximum atomic E-state index is 12.1. The van der Waals surface area contributed by atoms with E-state index in [-0.39, 0.29) is 11.8 Å². The number of carbonyl (C=O) groups excluding carboxylic acids is 2. The predicted octanol–water partition coefficient (Wildman–Crippen LogP) is 3.71. The van der Waals surface area contributed by atoms with Gasteiger partial charge in [0.1, 0.15) is 0 Å². The zero-order valence-corrected chi connectivity index (χ0v) is 12.6. The van der Waals surface area contributed by atoms with Crippen molar-refractivity contribution in [2.24, 2.45) is 0 Å². The highest BCUT2D eigenvalue weighted by Gasteiger charge is 2.36. The standard InChI is InChI=1S/C19H17NO3/c21-18-16-12-6-7-13-17(16)19(22)20(18)23-14-8-2-5-11-15-9-3-1-4-10-15/h1,3-7,9-13H,2,8,14H2. The molecule has 4 nitrogen and oxygen atoms in total. The van der Waals surface area contributed by atoms with Gasteiger partial charge in [-0.2, -0.15) is 0 Å². The molecule has 116 valence electrons. The molecule has 0 unspecified atom stereocenters. The average molecular weight is 307 g/mol. The zero-order chi connectivity index (χ0) is 16.1. The van der Waals surface area contributed by atoms with Crippen LogP contribution in [0.1, 0.15) is 39.1 Å². The second-order valence-corrected chi connectivity index (χ2v) is 5.24. The Morgan fingerprint density at radius 2 is 1.48 bits per heavy atom. The Bertz CT molecular complexity index is 702. The van der Waals surface area contributed by atoms with Crippen molar-refractivity contribution in [3.8, 4) is 0 Å². The number of benzene rings is 2. The number of carbonyl (C=O) groups is 2. The highest BCUT2D eigenvalue weighted by atomic mass is 16.7. The molecule has 2 aromatic carbocycles. The van der Waals surface area contributed by atoms with Crippen LogP contribution in [0.3, 0.4) is 0 Å². The number of allylic oxidation sites excluding steroid dienone is 1. The van der Waals surface area contributed by atoms with E-state index in [1.54, 1.807) is 24.3 Å². The summed E-state index contributed by atoms with van der Waals surface area (Å²) >= 11 is 0. The molecule has 0 aliphatic carbocycles. The molecule has 0 fully saturated rings. The Morgan fingerprint density at radius 1 is 0.870 bits per heavy atom. The maximum Gasteiger partial charge on any atom is 0.285 e. The molecule has 0 radical (unpaired) electrons. The third-order valence-corrected chi connectivity index (χ3v) is 3.60. The summed E-state index contributed by atoms with van der Waals surface area (Å²) in [5.41, 5.74) is 1.96. The van der Waals surface area contributed by atoms with Crippen molar-refractivity contribution in [2.45, 2.75) is 12.8 Å². The first-order chi connectivity index (χ1) is 11.3. The first-order valence-corrected chi connectivity index (χ1v) is 7.60. The normalized spacial score (nSPS) is 13.8. The lowest BCUT2D eigenvalue weighted by Gasteiger charge is -2.12. The Balaban J connectivity index is 1.46. The van der Waals surface area contributed by atoms with Gasteiger partial charge in [0.2, 0.25) is 0 Å². The molecule has 23 heavy (non-hydrogen) atoms. The van der Waals surface area contributed by atoms with Crippen molar-refractivity contribution < 1.29 is 14.4 Å². The fourth-order valence-electron chi connectivity index (χ4n) is 2.42. The lowest BCUT2D eigenvalue weighted by atomic mass is 10.1. The highest BCUT2D eigenvalue weighted by molar-refractivity contribution is 6.20. The van der Waals surface area contributed by atoms with Gasteiger partial charge < -0.3 is 0 Å². The van der Waals surface area contributed by atoms with Gasteiger partial charge in [-0.3, -0.25) is 14.4 Å². The largest absolute Gasteiger partial charge is 0.285 e. The lowest BCUT2D eigenvalue weighted by Crippen LogP contribution is -2.30. The van der Waals surface area contributed by atoms with Gasteiger partial charge in [-0.05, 0) is 30.5 Å². The first-order valence-electron chi connectivity index (χ1n) is 7.60. The number of hydrogen-bond donors (Lipinski definition) is 0. The highest BCUT2D eigenvalue weighted by Crippen LogP contribution is 2.22. The van der Waals surface area contributed by atoms with E-state index in [4.69, 9.17) is 4.84 Å². The van der Waals surface area contributed by atoms with E-state index in [1.807, 2.05) is 36.4 Å². The van der Waals surface area contributed by atoms with Crippen LogP contribution in [-0.2, 0) is 4.84 Å². The molecule has 0 saturated carbocycles. The number of hydroxylamine groups is 2. The van der Waals surface area contributed by atoms with Crippen LogP contribution in [0.15, 0.2) is 60.7 Å². The molecule has 0 spiro atoms. The van der Waals surface area contributed by atoms with Gasteiger partial charge in [0.05, 0.1) is 17.7 Å². The number of unbranched alkanes of at least 4 members (excludes halogenated alkanes) is 1. The molecule has 0 bridgehead atoms. The fraction of sp³-hybridized carbons (Fsp3) is 0.158. The molecule has 0 N–H and O–H groups in total. The second kappa shape index (κ2) is 7.03. The fourth-order valence-corrected chi connectivity index (χ4v) is 2.42. The van der Waals surface area contributed by atoms with Crippen LogP contribution in [0.2, 0.25) is 0 Å². The number of imide groups is 1. The molecule has 3 rings (SSSR count). The van der Waals surface area contributed by atoms with Crippen LogP contribution in [0.25, 0.3) is 6.08 Å². The maximum absolute atomic E-state index is 12.1. The van der Waals surface area contributed by atoms with Gasteiger partial charge in [-0.1, -0.05) is 54.6 Å². The smallest absolute Gasteiger partial charge is 0.266 e. The molecule has 0 atom stereocenters. The van der Waals surface area contributed by atoms with Crippen molar-refractivity contribution in [1.82, 2.24) is 5.06 Å². The number of fused-ring (bicyclic) bond motifs is 1. The van der Waals surface area contributed by atoms with Gasteiger partial charge in [0.15, 0.2) is 0 Å². The molecule has 0 saturated heterocycles. The second-order valence-electron chi connectivity index (χ2n) is 5.24. The Hall–Kier alpha value is -2.72. The minimum atomic E-state index is -0.384. The summed E-state index contributed by atoms with van der Waals surface area (Å²) < 4.78 is 0. The molecule has 2 aromatic rings. The van der Waals surface area contributed by atoms with Crippen LogP contribution in [0.4, 0.5) is 0 Å². The van der Waals surface area contributed by atoms with Gasteiger partial charge in [-0.25, -0.2) is 0 Å². The SMILES string of the molecule is O=C1c2ccccc2C(=O)N1OCCCC=Cc1ccccc1. The Kier molecular flexibility index (Phi) is 4.64. The van der Waals surface area contributed by atoms with Gasteiger partial charge in [-0.15, -0.1) is 5.06 Å². The van der Waals surface area contributed by atoms with E-state index in [2.05, 4.69) is 6.08 Å². The summed E-state index contributed by atoms with van der Waals surface area (Å²) in [5.74, 6) is -0.768. The molecule has 4 heteroatoms. The topological polar surface area (TPSA) is 46.6 Å². The lowest BCUT2D eigenvalue weighted by molar-refractivity contribution is -0.0917. The zero-order valence-electron chi connectivity index (χ0n) is 12.6. The number of rotatable bonds is 6. The number of amides is 2. The van der Waals surface area contributed by atoms with Gasteiger partial charge in [0, 0.05) is 0 Å². The molecule has 1 aliphatic heterocycles. The third-order valence-electron chi connectivity index (χ3n) is 3.60. The summed E-state index contributed by atoms with van der Waals surface area (Å²) in [6, 6.07) is 16.8. The quantitative estimate of drug-likeness (QED) is 0.604. The minimum Gasteiger partial charge on any atom is -0.266 e.